The molecule has 1 aromatic rings. The van der Waals surface area contributed by atoms with Crippen molar-refractivity contribution in [3.05, 3.63) is 33.8 Å². The van der Waals surface area contributed by atoms with Gasteiger partial charge in [-0.05, 0) is 56.4 Å². The van der Waals surface area contributed by atoms with Gasteiger partial charge in [-0.1, -0.05) is 48.9 Å². The van der Waals surface area contributed by atoms with Gasteiger partial charge in [0.15, 0.2) is 0 Å². The number of hydrogen-bond acceptors (Lipinski definition) is 1. The summed E-state index contributed by atoms with van der Waals surface area (Å²) in [5.41, 5.74) is 1.10. The summed E-state index contributed by atoms with van der Waals surface area (Å²) in [6, 6.07) is 6.46. The van der Waals surface area contributed by atoms with Crippen LogP contribution in [0.2, 0.25) is 10.0 Å². The molecule has 0 radical (unpaired) electrons. The normalized spacial score (nSPS) is 20.4. The van der Waals surface area contributed by atoms with Gasteiger partial charge in [-0.3, -0.25) is 0 Å². The van der Waals surface area contributed by atoms with Crippen LogP contribution in [0.25, 0.3) is 0 Å². The minimum absolute atomic E-state index is 0.236. The van der Waals surface area contributed by atoms with E-state index >= 15 is 0 Å². The lowest BCUT2D eigenvalue weighted by molar-refractivity contribution is 0.316. The number of rotatable bonds is 4. The molecule has 1 N–H and O–H groups in total. The van der Waals surface area contributed by atoms with Crippen LogP contribution >= 0.6 is 23.2 Å². The Kier molecular flexibility index (Phi) is 6.20. The van der Waals surface area contributed by atoms with Crippen molar-refractivity contribution in [2.75, 3.05) is 0 Å². The zero-order chi connectivity index (χ0) is 14.5. The highest BCUT2D eigenvalue weighted by atomic mass is 35.5. The van der Waals surface area contributed by atoms with Crippen LogP contribution < -0.4 is 5.32 Å². The quantitative estimate of drug-likeness (QED) is 0.672. The molecule has 112 valence electrons. The molecular weight excluding hydrogens is 289 g/mol. The monoisotopic (exact) mass is 313 g/mol. The van der Waals surface area contributed by atoms with E-state index < -0.39 is 0 Å². The van der Waals surface area contributed by atoms with Crippen LogP contribution in [0.4, 0.5) is 0 Å². The van der Waals surface area contributed by atoms with Crippen LogP contribution in [0.5, 0.6) is 0 Å². The van der Waals surface area contributed by atoms with Gasteiger partial charge in [0.1, 0.15) is 0 Å². The largest absolute Gasteiger partial charge is 0.307 e. The predicted molar refractivity (Wildman–Crippen MR) is 88.7 cm³/mol. The highest BCUT2D eigenvalue weighted by molar-refractivity contribution is 6.33. The lowest BCUT2D eigenvalue weighted by Gasteiger charge is -2.28. The smallest absolute Gasteiger partial charge is 0.0454 e. The van der Waals surface area contributed by atoms with E-state index in [1.165, 1.54) is 38.5 Å². The molecule has 1 nitrogen and oxygen atoms in total. The molecule has 1 aliphatic rings. The SMILES string of the molecule is CC(N[C@@H](C)C1CCCCCC1)c1cc(Cl)ccc1Cl. The molecule has 0 saturated heterocycles. The van der Waals surface area contributed by atoms with Crippen LogP contribution in [0, 0.1) is 5.92 Å². The van der Waals surface area contributed by atoms with Gasteiger partial charge < -0.3 is 5.32 Å². The summed E-state index contributed by atoms with van der Waals surface area (Å²) in [4.78, 5) is 0. The van der Waals surface area contributed by atoms with E-state index in [1.54, 1.807) is 0 Å². The van der Waals surface area contributed by atoms with Gasteiger partial charge in [0.2, 0.25) is 0 Å². The Balaban J connectivity index is 1.99. The number of hydrogen-bond donors (Lipinski definition) is 1. The van der Waals surface area contributed by atoms with E-state index in [1.807, 2.05) is 18.2 Å². The Morgan fingerprint density at radius 1 is 1.05 bits per heavy atom. The second-order valence-electron chi connectivity index (χ2n) is 6.09. The topological polar surface area (TPSA) is 12.0 Å². The van der Waals surface area contributed by atoms with E-state index in [-0.39, 0.29) is 6.04 Å². The zero-order valence-electron chi connectivity index (χ0n) is 12.5. The Hall–Kier alpha value is -0.240. The Morgan fingerprint density at radius 2 is 1.70 bits per heavy atom. The van der Waals surface area contributed by atoms with Crippen LogP contribution in [-0.2, 0) is 0 Å². The number of benzene rings is 1. The summed E-state index contributed by atoms with van der Waals surface area (Å²) < 4.78 is 0. The van der Waals surface area contributed by atoms with Gasteiger partial charge in [-0.2, -0.15) is 0 Å². The average molecular weight is 314 g/mol. The van der Waals surface area contributed by atoms with Crippen LogP contribution in [-0.4, -0.2) is 6.04 Å². The maximum Gasteiger partial charge on any atom is 0.0454 e. The van der Waals surface area contributed by atoms with Crippen molar-refractivity contribution in [1.82, 2.24) is 5.32 Å². The molecule has 1 unspecified atom stereocenters. The molecule has 2 atom stereocenters. The van der Waals surface area contributed by atoms with Gasteiger partial charge in [-0.25, -0.2) is 0 Å². The molecule has 2 rings (SSSR count). The average Bonchev–Trinajstić information content (AvgIpc) is 2.70. The number of halogens is 2. The zero-order valence-corrected chi connectivity index (χ0v) is 14.0. The lowest BCUT2D eigenvalue weighted by atomic mass is 9.92. The van der Waals surface area contributed by atoms with Crippen LogP contribution in [0.3, 0.4) is 0 Å². The third kappa shape index (κ3) is 4.38. The van der Waals surface area contributed by atoms with Crippen LogP contribution in [0.1, 0.15) is 64.0 Å². The second kappa shape index (κ2) is 7.68. The van der Waals surface area contributed by atoms with Gasteiger partial charge in [-0.15, -0.1) is 0 Å². The summed E-state index contributed by atoms with van der Waals surface area (Å²) in [5.74, 6) is 0.790. The lowest BCUT2D eigenvalue weighted by Crippen LogP contribution is -2.35. The third-order valence-electron chi connectivity index (χ3n) is 4.54. The number of nitrogens with one attached hydrogen (secondary N) is 1. The summed E-state index contributed by atoms with van der Waals surface area (Å²) in [5, 5.41) is 5.26. The maximum atomic E-state index is 6.29. The van der Waals surface area contributed by atoms with E-state index in [0.717, 1.165) is 21.5 Å². The molecule has 0 amide bonds. The van der Waals surface area contributed by atoms with Crippen LogP contribution in [0.15, 0.2) is 18.2 Å². The molecular formula is C17H25Cl2N. The minimum Gasteiger partial charge on any atom is -0.307 e. The van der Waals surface area contributed by atoms with Crippen molar-refractivity contribution in [2.24, 2.45) is 5.92 Å². The molecule has 1 aromatic carbocycles. The third-order valence-corrected chi connectivity index (χ3v) is 5.12. The first-order valence-electron chi connectivity index (χ1n) is 7.79. The first kappa shape index (κ1) is 16.1. The fraction of sp³-hybridized carbons (Fsp3) is 0.647. The van der Waals surface area contributed by atoms with Crippen molar-refractivity contribution in [2.45, 2.75) is 64.5 Å². The summed E-state index contributed by atoms with van der Waals surface area (Å²) in [7, 11) is 0. The van der Waals surface area contributed by atoms with Crippen molar-refractivity contribution in [3.63, 3.8) is 0 Å². The van der Waals surface area contributed by atoms with Crippen molar-refractivity contribution >= 4 is 23.2 Å². The molecule has 0 aromatic heterocycles. The van der Waals surface area contributed by atoms with Gasteiger partial charge in [0.05, 0.1) is 0 Å². The van der Waals surface area contributed by atoms with E-state index in [9.17, 15) is 0 Å². The highest BCUT2D eigenvalue weighted by Crippen LogP contribution is 2.29. The summed E-state index contributed by atoms with van der Waals surface area (Å²) in [6.07, 6.45) is 8.26. The van der Waals surface area contributed by atoms with E-state index in [0.29, 0.717) is 6.04 Å². The Labute approximate surface area is 133 Å². The fourth-order valence-corrected chi connectivity index (χ4v) is 3.74. The Bertz CT molecular complexity index is 425. The predicted octanol–water partition coefficient (Wildman–Crippen LogP) is 6.00. The van der Waals surface area contributed by atoms with Gasteiger partial charge >= 0.3 is 0 Å². The first-order chi connectivity index (χ1) is 9.58. The van der Waals surface area contributed by atoms with E-state index in [2.05, 4.69) is 19.2 Å². The first-order valence-corrected chi connectivity index (χ1v) is 8.54. The fourth-order valence-electron chi connectivity index (χ4n) is 3.28. The molecule has 0 spiro atoms. The maximum absolute atomic E-state index is 6.29. The molecule has 0 bridgehead atoms. The summed E-state index contributed by atoms with van der Waals surface area (Å²) in [6.45, 7) is 4.48. The Morgan fingerprint density at radius 3 is 2.35 bits per heavy atom. The molecule has 1 fully saturated rings. The molecule has 0 heterocycles. The summed E-state index contributed by atoms with van der Waals surface area (Å²) >= 11 is 12.4. The minimum atomic E-state index is 0.236. The molecule has 3 heteroatoms. The standard InChI is InChI=1S/C17H25Cl2N/c1-12(14-7-5-3-4-6-8-14)20-13(2)16-11-15(18)9-10-17(16)19/h9-14,20H,3-8H2,1-2H3/t12-,13?/m0/s1. The van der Waals surface area contributed by atoms with Gasteiger partial charge in [0.25, 0.3) is 0 Å². The van der Waals surface area contributed by atoms with Crippen molar-refractivity contribution in [3.8, 4) is 0 Å². The molecule has 1 saturated carbocycles. The van der Waals surface area contributed by atoms with Crippen molar-refractivity contribution in [1.29, 1.82) is 0 Å². The van der Waals surface area contributed by atoms with E-state index in [4.69, 9.17) is 23.2 Å². The molecule has 0 aliphatic heterocycles. The molecule has 20 heavy (non-hydrogen) atoms. The van der Waals surface area contributed by atoms with Crippen molar-refractivity contribution < 1.29 is 0 Å². The highest BCUT2D eigenvalue weighted by Gasteiger charge is 2.21. The molecule has 1 aliphatic carbocycles. The van der Waals surface area contributed by atoms with Gasteiger partial charge in [0, 0.05) is 22.1 Å². The second-order valence-corrected chi connectivity index (χ2v) is 6.94.